The predicted molar refractivity (Wildman–Crippen MR) is 121 cm³/mol. The van der Waals surface area contributed by atoms with Gasteiger partial charge in [-0.15, -0.1) is 0 Å². The van der Waals surface area contributed by atoms with Crippen LogP contribution in [0.15, 0.2) is 60.7 Å². The summed E-state index contributed by atoms with van der Waals surface area (Å²) >= 11 is 0. The van der Waals surface area contributed by atoms with Crippen molar-refractivity contribution in [1.82, 2.24) is 4.90 Å². The molecular formula is C25H29NO8. The number of carbonyl (C=O) groups is 3. The summed E-state index contributed by atoms with van der Waals surface area (Å²) in [5, 5.41) is 0. The van der Waals surface area contributed by atoms with Gasteiger partial charge in [-0.3, -0.25) is 4.79 Å². The molecule has 2 aromatic rings. The van der Waals surface area contributed by atoms with Gasteiger partial charge < -0.3 is 28.6 Å². The monoisotopic (exact) mass is 471 g/mol. The van der Waals surface area contributed by atoms with Gasteiger partial charge in [0, 0.05) is 28.2 Å². The van der Waals surface area contributed by atoms with Crippen LogP contribution in [-0.2, 0) is 28.5 Å². The van der Waals surface area contributed by atoms with Crippen molar-refractivity contribution in [2.24, 2.45) is 0 Å². The number of likely N-dealkylation sites (N-methyl/N-ethyl adjacent to an activating group) is 1. The second-order valence-corrected chi connectivity index (χ2v) is 7.80. The first-order chi connectivity index (χ1) is 16.4. The van der Waals surface area contributed by atoms with Crippen LogP contribution in [0.2, 0.25) is 0 Å². The van der Waals surface area contributed by atoms with Crippen molar-refractivity contribution in [3.05, 3.63) is 71.8 Å². The zero-order chi connectivity index (χ0) is 24.7. The number of hydrogen-bond donors (Lipinski definition) is 0. The zero-order valence-electron chi connectivity index (χ0n) is 19.6. The molecule has 0 spiro atoms. The first-order valence-corrected chi connectivity index (χ1v) is 10.8. The molecule has 0 N–H and O–H groups in total. The fourth-order valence-electron chi connectivity index (χ4n) is 3.84. The number of amides is 1. The molecule has 0 saturated carbocycles. The van der Waals surface area contributed by atoms with Crippen molar-refractivity contribution in [1.29, 1.82) is 0 Å². The average Bonchev–Trinajstić information content (AvgIpc) is 2.87. The van der Waals surface area contributed by atoms with Crippen molar-refractivity contribution in [3.63, 3.8) is 0 Å². The summed E-state index contributed by atoms with van der Waals surface area (Å²) in [6.07, 6.45) is -3.61. The third-order valence-corrected chi connectivity index (χ3v) is 5.70. The molecule has 0 unspecified atom stereocenters. The van der Waals surface area contributed by atoms with E-state index in [1.807, 2.05) is 0 Å². The van der Waals surface area contributed by atoms with Crippen LogP contribution in [0.3, 0.4) is 0 Å². The van der Waals surface area contributed by atoms with Gasteiger partial charge in [0.15, 0.2) is 12.4 Å². The Bertz CT molecular complexity index is 967. The van der Waals surface area contributed by atoms with E-state index in [0.717, 1.165) is 0 Å². The predicted octanol–water partition coefficient (Wildman–Crippen LogP) is 2.30. The van der Waals surface area contributed by atoms with E-state index < -0.39 is 42.6 Å². The topological polar surface area (TPSA) is 101 Å². The van der Waals surface area contributed by atoms with Gasteiger partial charge >= 0.3 is 11.9 Å². The number of methoxy groups -OCH3 is 2. The Kier molecular flexibility index (Phi) is 8.75. The summed E-state index contributed by atoms with van der Waals surface area (Å²) in [5.41, 5.74) is 0.728. The lowest BCUT2D eigenvalue weighted by atomic mass is 9.95. The lowest BCUT2D eigenvalue weighted by Gasteiger charge is -2.47. The average molecular weight is 472 g/mol. The van der Waals surface area contributed by atoms with Gasteiger partial charge in [0.2, 0.25) is 5.91 Å². The molecule has 34 heavy (non-hydrogen) atoms. The molecule has 1 aliphatic rings. The fraction of sp³-hybridized carbons (Fsp3) is 0.400. The van der Waals surface area contributed by atoms with Crippen molar-refractivity contribution < 1.29 is 38.1 Å². The number of carbonyl (C=O) groups excluding carboxylic acids is 3. The lowest BCUT2D eigenvalue weighted by Crippen LogP contribution is -2.66. The molecule has 2 aromatic carbocycles. The van der Waals surface area contributed by atoms with Crippen LogP contribution in [0.4, 0.5) is 0 Å². The van der Waals surface area contributed by atoms with Crippen molar-refractivity contribution >= 4 is 17.8 Å². The third-order valence-electron chi connectivity index (χ3n) is 5.70. The van der Waals surface area contributed by atoms with E-state index in [9.17, 15) is 14.4 Å². The molecule has 1 fully saturated rings. The molecule has 0 radical (unpaired) electrons. The molecule has 0 aromatic heterocycles. The highest BCUT2D eigenvalue weighted by atomic mass is 16.7. The number of ether oxygens (including phenoxy) is 5. The third kappa shape index (κ3) is 5.80. The van der Waals surface area contributed by atoms with Gasteiger partial charge in [-0.25, -0.2) is 9.59 Å². The van der Waals surface area contributed by atoms with Crippen LogP contribution in [0.1, 0.15) is 27.6 Å². The lowest BCUT2D eigenvalue weighted by molar-refractivity contribution is -0.280. The summed E-state index contributed by atoms with van der Waals surface area (Å²) in [4.78, 5) is 39.0. The quantitative estimate of drug-likeness (QED) is 0.541. The number of benzene rings is 2. The highest BCUT2D eigenvalue weighted by Gasteiger charge is 2.51. The van der Waals surface area contributed by atoms with Gasteiger partial charge in [-0.2, -0.15) is 0 Å². The van der Waals surface area contributed by atoms with Gasteiger partial charge in [0.05, 0.1) is 11.1 Å². The summed E-state index contributed by atoms with van der Waals surface area (Å²) in [5.74, 6) is -1.40. The molecule has 1 heterocycles. The molecule has 1 aliphatic heterocycles. The first-order valence-electron chi connectivity index (χ1n) is 10.8. The van der Waals surface area contributed by atoms with E-state index in [-0.39, 0.29) is 12.5 Å². The fourth-order valence-corrected chi connectivity index (χ4v) is 3.84. The molecule has 3 rings (SSSR count). The molecule has 1 saturated heterocycles. The molecule has 9 nitrogen and oxygen atoms in total. The maximum absolute atomic E-state index is 12.9. The van der Waals surface area contributed by atoms with Gasteiger partial charge in [-0.05, 0) is 24.3 Å². The highest BCUT2D eigenvalue weighted by molar-refractivity contribution is 5.90. The minimum atomic E-state index is -0.967. The molecule has 1 amide bonds. The SMILES string of the molecule is CO[C@@H]1O[C@H](COC(=O)c2ccccc2)[C@@H](OC)[C@H](OC(=O)c2ccccc2)[C@H]1N(C)C(C)=O. The van der Waals surface area contributed by atoms with Crippen molar-refractivity contribution in [2.45, 2.75) is 37.6 Å². The van der Waals surface area contributed by atoms with Crippen LogP contribution in [-0.4, -0.2) is 81.3 Å². The van der Waals surface area contributed by atoms with E-state index >= 15 is 0 Å². The van der Waals surface area contributed by atoms with E-state index in [2.05, 4.69) is 0 Å². The van der Waals surface area contributed by atoms with Crippen molar-refractivity contribution in [2.75, 3.05) is 27.9 Å². The summed E-state index contributed by atoms with van der Waals surface area (Å²) < 4.78 is 28.5. The number of esters is 2. The van der Waals surface area contributed by atoms with Crippen molar-refractivity contribution in [3.8, 4) is 0 Å². The number of hydrogen-bond acceptors (Lipinski definition) is 8. The number of nitrogens with zero attached hydrogens (tertiary/aromatic N) is 1. The molecule has 5 atom stereocenters. The molecule has 0 bridgehead atoms. The second kappa shape index (κ2) is 11.7. The van der Waals surface area contributed by atoms with Gasteiger partial charge in [0.1, 0.15) is 24.9 Å². The smallest absolute Gasteiger partial charge is 0.338 e. The molecule has 9 heteroatoms. The minimum Gasteiger partial charge on any atom is -0.459 e. The number of rotatable bonds is 8. The summed E-state index contributed by atoms with van der Waals surface area (Å²) in [6, 6.07) is 16.2. The Labute approximate surface area is 198 Å². The summed E-state index contributed by atoms with van der Waals surface area (Å²) in [7, 11) is 4.41. The van der Waals surface area contributed by atoms with Gasteiger partial charge in [-0.1, -0.05) is 36.4 Å². The maximum atomic E-state index is 12.9. The molecular weight excluding hydrogens is 442 g/mol. The largest absolute Gasteiger partial charge is 0.459 e. The Hall–Kier alpha value is -3.27. The van der Waals surface area contributed by atoms with Crippen LogP contribution < -0.4 is 0 Å². The normalized spacial score (nSPS) is 24.2. The minimum absolute atomic E-state index is 0.179. The zero-order valence-corrected chi connectivity index (χ0v) is 19.6. The van der Waals surface area contributed by atoms with E-state index in [0.29, 0.717) is 11.1 Å². The van der Waals surface area contributed by atoms with E-state index in [4.69, 9.17) is 23.7 Å². The first kappa shape index (κ1) is 25.4. The van der Waals surface area contributed by atoms with Crippen LogP contribution in [0, 0.1) is 0 Å². The standard InChI is InChI=1S/C25H29NO8/c1-16(27)26(2)20-22(34-24(29)18-13-9-6-10-14-18)21(30-3)19(33-25(20)31-4)15-32-23(28)17-11-7-5-8-12-17/h5-14,19-22,25H,15H2,1-4H3/t19-,20-,21-,22-,25-/m1/s1. The molecule has 182 valence electrons. The van der Waals surface area contributed by atoms with Crippen LogP contribution in [0.5, 0.6) is 0 Å². The molecule has 0 aliphatic carbocycles. The second-order valence-electron chi connectivity index (χ2n) is 7.80. The highest BCUT2D eigenvalue weighted by Crippen LogP contribution is 2.30. The van der Waals surface area contributed by atoms with Crippen LogP contribution >= 0.6 is 0 Å². The Morgan fingerprint density at radius 1 is 0.853 bits per heavy atom. The Morgan fingerprint density at radius 2 is 1.41 bits per heavy atom. The van der Waals surface area contributed by atoms with E-state index in [1.165, 1.54) is 26.0 Å². The van der Waals surface area contributed by atoms with E-state index in [1.54, 1.807) is 67.7 Å². The Balaban J connectivity index is 1.86. The van der Waals surface area contributed by atoms with Gasteiger partial charge in [0.25, 0.3) is 0 Å². The maximum Gasteiger partial charge on any atom is 0.338 e. The summed E-state index contributed by atoms with van der Waals surface area (Å²) in [6.45, 7) is 1.21. The van der Waals surface area contributed by atoms with Crippen LogP contribution in [0.25, 0.3) is 0 Å². The Morgan fingerprint density at radius 3 is 1.91 bits per heavy atom.